The lowest BCUT2D eigenvalue weighted by Crippen LogP contribution is -2.31. The zero-order valence-electron chi connectivity index (χ0n) is 15.5. The summed E-state index contributed by atoms with van der Waals surface area (Å²) in [6.45, 7) is 11.1. The molecule has 0 amide bonds. The molecular weight excluding hydrogens is 387 g/mol. The normalized spacial score (nSPS) is 15.7. The number of rotatable bonds is 12. The zero-order chi connectivity index (χ0) is 17.9. The quantitative estimate of drug-likeness (QED) is 0.175. The van der Waals surface area contributed by atoms with Crippen molar-refractivity contribution in [1.82, 2.24) is 0 Å². The Kier molecular flexibility index (Phi) is 13.7. The summed E-state index contributed by atoms with van der Waals surface area (Å²) in [5, 5.41) is 0.0650. The van der Waals surface area contributed by atoms with Crippen molar-refractivity contribution >= 4 is 56.4 Å². The van der Waals surface area contributed by atoms with Gasteiger partial charge in [-0.2, -0.15) is 0 Å². The predicted molar refractivity (Wildman–Crippen MR) is 115 cm³/mol. The molecule has 23 heavy (non-hydrogen) atoms. The third-order valence-electron chi connectivity index (χ3n) is 3.76. The number of hydrogen-bond acceptors (Lipinski definition) is 2. The molecule has 0 nitrogen and oxygen atoms in total. The molecule has 0 fully saturated rings. The summed E-state index contributed by atoms with van der Waals surface area (Å²) in [5.41, 5.74) is 0. The average Bonchev–Trinajstić information content (AvgIpc) is 2.40. The summed E-state index contributed by atoms with van der Waals surface area (Å²) in [6.07, 6.45) is 11.2. The second-order valence-corrected chi connectivity index (χ2v) is 12.9. The van der Waals surface area contributed by atoms with Crippen LogP contribution in [0.4, 0.5) is 0 Å². The lowest BCUT2D eigenvalue weighted by atomic mass is 9.92. The molecule has 0 aromatic carbocycles. The summed E-state index contributed by atoms with van der Waals surface area (Å²) in [6, 6.07) is 0. The fraction of sp³-hybridized carbons (Fsp3) is 1.00. The van der Waals surface area contributed by atoms with Crippen molar-refractivity contribution in [1.29, 1.82) is 0 Å². The van der Waals surface area contributed by atoms with Crippen molar-refractivity contribution in [2.75, 3.05) is 0 Å². The molecule has 2 atom stereocenters. The maximum absolute atomic E-state index is 6.37. The monoisotopic (exact) mass is 420 g/mol. The molecule has 0 bridgehead atoms. The number of hydrogen-bond donors (Lipinski definition) is 0. The molecule has 2 unspecified atom stereocenters. The SMILES string of the molecule is CCCCCCC(CCCCC)C(SSC(C)(C)C)C(Cl)(Cl)Cl. The smallest absolute Gasteiger partial charge is 0.0877 e. The van der Waals surface area contributed by atoms with E-state index in [1.54, 1.807) is 10.8 Å². The van der Waals surface area contributed by atoms with Gasteiger partial charge in [0.25, 0.3) is 0 Å². The van der Waals surface area contributed by atoms with Gasteiger partial charge in [0.2, 0.25) is 3.79 Å². The van der Waals surface area contributed by atoms with E-state index in [0.717, 1.165) is 0 Å². The van der Waals surface area contributed by atoms with Crippen LogP contribution in [0.3, 0.4) is 0 Å². The second kappa shape index (κ2) is 12.8. The topological polar surface area (TPSA) is 0 Å². The largest absolute Gasteiger partial charge is 0.203 e. The first kappa shape index (κ1) is 24.6. The summed E-state index contributed by atoms with van der Waals surface area (Å²) in [5.74, 6) is 0.491. The van der Waals surface area contributed by atoms with Gasteiger partial charge in [-0.15, -0.1) is 0 Å². The van der Waals surface area contributed by atoms with E-state index in [-0.39, 0.29) is 10.00 Å². The highest BCUT2D eigenvalue weighted by molar-refractivity contribution is 8.77. The fourth-order valence-corrected chi connectivity index (χ4v) is 6.96. The molecule has 5 heteroatoms. The zero-order valence-corrected chi connectivity index (χ0v) is 19.4. The fourth-order valence-electron chi connectivity index (χ4n) is 2.53. The molecule has 0 aliphatic rings. The van der Waals surface area contributed by atoms with Crippen LogP contribution in [0.5, 0.6) is 0 Å². The van der Waals surface area contributed by atoms with Gasteiger partial charge in [-0.3, -0.25) is 0 Å². The predicted octanol–water partition coefficient (Wildman–Crippen LogP) is 9.07. The van der Waals surface area contributed by atoms with E-state index >= 15 is 0 Å². The van der Waals surface area contributed by atoms with Gasteiger partial charge in [-0.25, -0.2) is 0 Å². The first-order valence-electron chi connectivity index (χ1n) is 9.03. The summed E-state index contributed by atoms with van der Waals surface area (Å²) in [7, 11) is 3.63. The molecule has 0 aliphatic heterocycles. The van der Waals surface area contributed by atoms with Crippen LogP contribution in [0.1, 0.15) is 92.4 Å². The summed E-state index contributed by atoms with van der Waals surface area (Å²) in [4.78, 5) is 0. The van der Waals surface area contributed by atoms with Gasteiger partial charge >= 0.3 is 0 Å². The van der Waals surface area contributed by atoms with Crippen molar-refractivity contribution in [2.24, 2.45) is 5.92 Å². The lowest BCUT2D eigenvalue weighted by Gasteiger charge is -2.33. The van der Waals surface area contributed by atoms with Gasteiger partial charge in [-0.05, 0) is 18.8 Å². The van der Waals surface area contributed by atoms with Crippen LogP contribution in [0.15, 0.2) is 0 Å². The third-order valence-corrected chi connectivity index (χ3v) is 8.81. The maximum atomic E-state index is 6.37. The lowest BCUT2D eigenvalue weighted by molar-refractivity contribution is 0.397. The molecule has 0 spiro atoms. The third kappa shape index (κ3) is 13.4. The molecule has 140 valence electrons. The van der Waals surface area contributed by atoms with Crippen molar-refractivity contribution in [3.8, 4) is 0 Å². The van der Waals surface area contributed by atoms with Crippen molar-refractivity contribution in [2.45, 2.75) is 106 Å². The molecule has 0 aromatic heterocycles. The van der Waals surface area contributed by atoms with Crippen molar-refractivity contribution < 1.29 is 0 Å². The highest BCUT2D eigenvalue weighted by atomic mass is 35.6. The van der Waals surface area contributed by atoms with Crippen LogP contribution in [-0.2, 0) is 0 Å². The van der Waals surface area contributed by atoms with E-state index in [2.05, 4.69) is 34.6 Å². The summed E-state index contributed by atoms with van der Waals surface area (Å²) < 4.78 is -1.01. The number of alkyl halides is 3. The van der Waals surface area contributed by atoms with E-state index in [1.165, 1.54) is 57.8 Å². The molecule has 0 saturated carbocycles. The van der Waals surface area contributed by atoms with Gasteiger partial charge in [0.05, 0.1) is 5.25 Å². The van der Waals surface area contributed by atoms with Crippen molar-refractivity contribution in [3.05, 3.63) is 0 Å². The Morgan fingerprint density at radius 2 is 1.26 bits per heavy atom. The van der Waals surface area contributed by atoms with Gasteiger partial charge in [0.1, 0.15) is 0 Å². The Balaban J connectivity index is 4.81. The Hall–Kier alpha value is 1.57. The molecule has 0 rings (SSSR count). The van der Waals surface area contributed by atoms with Gasteiger partial charge in [-0.1, -0.05) is 136 Å². The Bertz CT molecular complexity index is 285. The molecule has 0 aromatic rings. The minimum absolute atomic E-state index is 0.0650. The van der Waals surface area contributed by atoms with Crippen molar-refractivity contribution in [3.63, 3.8) is 0 Å². The number of halogens is 3. The Morgan fingerprint density at radius 3 is 1.70 bits per heavy atom. The molecule has 0 heterocycles. The van der Waals surface area contributed by atoms with E-state index in [1.807, 2.05) is 10.8 Å². The Morgan fingerprint density at radius 1 is 0.783 bits per heavy atom. The van der Waals surface area contributed by atoms with Gasteiger partial charge in [0.15, 0.2) is 0 Å². The van der Waals surface area contributed by atoms with Gasteiger partial charge < -0.3 is 0 Å². The molecular formula is C18H35Cl3S2. The highest BCUT2D eigenvalue weighted by Gasteiger charge is 2.39. The van der Waals surface area contributed by atoms with Crippen LogP contribution in [-0.4, -0.2) is 13.8 Å². The van der Waals surface area contributed by atoms with Gasteiger partial charge in [0, 0.05) is 4.75 Å². The van der Waals surface area contributed by atoms with Crippen LogP contribution < -0.4 is 0 Å². The van der Waals surface area contributed by atoms with Crippen LogP contribution in [0.2, 0.25) is 0 Å². The second-order valence-electron chi connectivity index (χ2n) is 7.36. The van der Waals surface area contributed by atoms with Crippen LogP contribution in [0, 0.1) is 5.92 Å². The van der Waals surface area contributed by atoms with E-state index in [4.69, 9.17) is 34.8 Å². The molecule has 0 N–H and O–H groups in total. The minimum atomic E-state index is -1.19. The first-order chi connectivity index (χ1) is 10.6. The van der Waals surface area contributed by atoms with E-state index in [9.17, 15) is 0 Å². The minimum Gasteiger partial charge on any atom is -0.0877 e. The molecule has 0 aliphatic carbocycles. The molecule has 0 saturated heterocycles. The maximum Gasteiger partial charge on any atom is 0.203 e. The van der Waals surface area contributed by atoms with Crippen LogP contribution in [0.25, 0.3) is 0 Å². The van der Waals surface area contributed by atoms with Crippen LogP contribution >= 0.6 is 56.4 Å². The summed E-state index contributed by atoms with van der Waals surface area (Å²) >= 11 is 19.1. The van der Waals surface area contributed by atoms with E-state index < -0.39 is 3.79 Å². The number of unbranched alkanes of at least 4 members (excludes halogenated alkanes) is 5. The average molecular weight is 422 g/mol. The van der Waals surface area contributed by atoms with E-state index in [0.29, 0.717) is 5.92 Å². The Labute approximate surface area is 167 Å². The highest BCUT2D eigenvalue weighted by Crippen LogP contribution is 2.51. The first-order valence-corrected chi connectivity index (χ1v) is 12.4. The molecule has 0 radical (unpaired) electrons. The standard InChI is InChI=1S/C18H35Cl3S2/c1-6-8-10-12-14-15(13-11-9-7-2)16(18(19,20)21)22-23-17(3,4)5/h15-16H,6-14H2,1-5H3.